The lowest BCUT2D eigenvalue weighted by molar-refractivity contribution is -0.130. The quantitative estimate of drug-likeness (QED) is 0.424. The highest BCUT2D eigenvalue weighted by molar-refractivity contribution is 5.81. The minimum atomic E-state index is 0.167. The molecule has 1 aliphatic rings. The van der Waals surface area contributed by atoms with Gasteiger partial charge in [0.05, 0.1) is 31.8 Å². The first-order valence-electron chi connectivity index (χ1n) is 10.8. The number of amides is 1. The van der Waals surface area contributed by atoms with Crippen LogP contribution in [0.5, 0.6) is 11.5 Å². The third-order valence-electron chi connectivity index (χ3n) is 5.83. The van der Waals surface area contributed by atoms with Gasteiger partial charge >= 0.3 is 0 Å². The first-order valence-corrected chi connectivity index (χ1v) is 10.8. The van der Waals surface area contributed by atoms with E-state index < -0.39 is 0 Å². The molecule has 10 heteroatoms. The highest BCUT2D eigenvalue weighted by Crippen LogP contribution is 2.37. The number of aromatic nitrogens is 5. The Balaban J connectivity index is 1.36. The van der Waals surface area contributed by atoms with E-state index in [4.69, 9.17) is 14.0 Å². The molecule has 2 aromatic heterocycles. The summed E-state index contributed by atoms with van der Waals surface area (Å²) < 4.78 is 18.1. The zero-order valence-electron chi connectivity index (χ0n) is 18.5. The summed E-state index contributed by atoms with van der Waals surface area (Å²) in [5, 5.41) is 12.6. The molecule has 1 amide bonds. The van der Waals surface area contributed by atoms with Gasteiger partial charge in [-0.2, -0.15) is 4.98 Å². The molecule has 0 saturated carbocycles. The van der Waals surface area contributed by atoms with Gasteiger partial charge in [-0.1, -0.05) is 16.4 Å². The Morgan fingerprint density at radius 1 is 1.12 bits per heavy atom. The summed E-state index contributed by atoms with van der Waals surface area (Å²) in [5.41, 5.74) is 2.95. The summed E-state index contributed by atoms with van der Waals surface area (Å²) >= 11 is 0. The van der Waals surface area contributed by atoms with E-state index in [1.807, 2.05) is 35.2 Å². The molecule has 0 atom stereocenters. The molecule has 2 aromatic carbocycles. The van der Waals surface area contributed by atoms with E-state index >= 15 is 0 Å². The maximum absolute atomic E-state index is 12.3. The number of para-hydroxylation sites is 1. The number of methoxy groups -OCH3 is 2. The highest BCUT2D eigenvalue weighted by Gasteiger charge is 2.20. The summed E-state index contributed by atoms with van der Waals surface area (Å²) in [4.78, 5) is 18.8. The fraction of sp³-hybridized carbons (Fsp3) is 0.348. The molecule has 33 heavy (non-hydrogen) atoms. The van der Waals surface area contributed by atoms with Gasteiger partial charge in [0, 0.05) is 25.1 Å². The van der Waals surface area contributed by atoms with E-state index in [-0.39, 0.29) is 5.91 Å². The van der Waals surface area contributed by atoms with Gasteiger partial charge in [0.1, 0.15) is 5.52 Å². The number of fused-ring (bicyclic) bond motifs is 1. The van der Waals surface area contributed by atoms with Gasteiger partial charge in [-0.3, -0.25) is 4.79 Å². The molecule has 170 valence electrons. The number of nitrogens with zero attached hydrogens (tertiary/aromatic N) is 6. The average Bonchev–Trinajstić information content (AvgIpc) is 3.62. The van der Waals surface area contributed by atoms with Gasteiger partial charge in [0.25, 0.3) is 5.89 Å². The minimum absolute atomic E-state index is 0.167. The normalized spacial score (nSPS) is 13.6. The molecular weight excluding hydrogens is 424 g/mol. The molecule has 0 unspecified atom stereocenters. The largest absolute Gasteiger partial charge is 0.493 e. The van der Waals surface area contributed by atoms with Gasteiger partial charge in [-0.25, -0.2) is 4.68 Å². The van der Waals surface area contributed by atoms with E-state index in [2.05, 4.69) is 20.5 Å². The molecule has 0 N–H and O–H groups in total. The zero-order chi connectivity index (χ0) is 22.8. The van der Waals surface area contributed by atoms with Crippen molar-refractivity contribution in [2.75, 3.05) is 27.3 Å². The number of ether oxygens (including phenoxy) is 2. The van der Waals surface area contributed by atoms with Crippen molar-refractivity contribution in [2.24, 2.45) is 0 Å². The second-order valence-electron chi connectivity index (χ2n) is 7.82. The first kappa shape index (κ1) is 20.9. The molecule has 1 fully saturated rings. The number of rotatable bonds is 7. The summed E-state index contributed by atoms with van der Waals surface area (Å²) in [6, 6.07) is 11.1. The van der Waals surface area contributed by atoms with Crippen molar-refractivity contribution in [1.82, 2.24) is 30.0 Å². The number of aryl methyl sites for hydroxylation is 1. The van der Waals surface area contributed by atoms with Crippen LogP contribution in [0.3, 0.4) is 0 Å². The SMILES string of the molecule is COc1cccc(-c2nc(-c3ccc4c(c3)nnn4CCC(=O)N3CCCC3)no2)c1OC. The molecular formula is C23H24N6O4. The maximum Gasteiger partial charge on any atom is 0.262 e. The van der Waals surface area contributed by atoms with Gasteiger partial charge in [0.2, 0.25) is 11.7 Å². The van der Waals surface area contributed by atoms with Crippen LogP contribution >= 0.6 is 0 Å². The van der Waals surface area contributed by atoms with Crippen LogP contribution in [0.25, 0.3) is 33.9 Å². The van der Waals surface area contributed by atoms with Crippen molar-refractivity contribution in [2.45, 2.75) is 25.8 Å². The van der Waals surface area contributed by atoms with Crippen LogP contribution in [0.1, 0.15) is 19.3 Å². The molecule has 0 radical (unpaired) electrons. The van der Waals surface area contributed by atoms with E-state index in [1.165, 1.54) is 0 Å². The molecule has 0 aliphatic carbocycles. The summed E-state index contributed by atoms with van der Waals surface area (Å²) in [7, 11) is 3.14. The van der Waals surface area contributed by atoms with Crippen molar-refractivity contribution in [3.8, 4) is 34.3 Å². The molecule has 5 rings (SSSR count). The third kappa shape index (κ3) is 3.99. The number of carbonyl (C=O) groups excluding carboxylic acids is 1. The fourth-order valence-electron chi connectivity index (χ4n) is 4.11. The van der Waals surface area contributed by atoms with E-state index in [1.54, 1.807) is 25.0 Å². The summed E-state index contributed by atoms with van der Waals surface area (Å²) in [5.74, 6) is 2.02. The molecule has 0 bridgehead atoms. The number of carbonyl (C=O) groups is 1. The zero-order valence-corrected chi connectivity index (χ0v) is 18.5. The minimum Gasteiger partial charge on any atom is -0.493 e. The van der Waals surface area contributed by atoms with E-state index in [9.17, 15) is 4.79 Å². The topological polar surface area (TPSA) is 108 Å². The van der Waals surface area contributed by atoms with Crippen LogP contribution in [0.15, 0.2) is 40.9 Å². The second kappa shape index (κ2) is 8.89. The maximum atomic E-state index is 12.3. The van der Waals surface area contributed by atoms with Gasteiger partial charge < -0.3 is 18.9 Å². The van der Waals surface area contributed by atoms with Crippen molar-refractivity contribution >= 4 is 16.9 Å². The summed E-state index contributed by atoms with van der Waals surface area (Å²) in [6.07, 6.45) is 2.59. The van der Waals surface area contributed by atoms with Crippen molar-refractivity contribution in [3.05, 3.63) is 36.4 Å². The monoisotopic (exact) mass is 448 g/mol. The standard InChI is InChI=1S/C23H24N6O4/c1-31-19-7-5-6-16(21(19)32-2)23-24-22(26-33-23)15-8-9-18-17(14-15)25-27-29(18)13-10-20(30)28-11-3-4-12-28/h5-9,14H,3-4,10-13H2,1-2H3. The van der Waals surface area contributed by atoms with Crippen molar-refractivity contribution in [3.63, 3.8) is 0 Å². The lowest BCUT2D eigenvalue weighted by Gasteiger charge is -2.14. The van der Waals surface area contributed by atoms with Crippen LogP contribution < -0.4 is 9.47 Å². The molecule has 1 aliphatic heterocycles. The Kier molecular flexibility index (Phi) is 5.64. The number of likely N-dealkylation sites (tertiary alicyclic amines) is 1. The van der Waals surface area contributed by atoms with Gasteiger partial charge in [-0.15, -0.1) is 5.10 Å². The average molecular weight is 448 g/mol. The Labute approximate surface area is 190 Å². The highest BCUT2D eigenvalue weighted by atomic mass is 16.5. The number of hydrogen-bond acceptors (Lipinski definition) is 8. The molecule has 1 saturated heterocycles. The predicted octanol–water partition coefficient (Wildman–Crippen LogP) is 3.18. The first-order chi connectivity index (χ1) is 16.2. The van der Waals surface area contributed by atoms with E-state index in [0.717, 1.165) is 37.0 Å². The second-order valence-corrected chi connectivity index (χ2v) is 7.82. The van der Waals surface area contributed by atoms with Crippen LogP contribution in [0.2, 0.25) is 0 Å². The molecule has 10 nitrogen and oxygen atoms in total. The van der Waals surface area contributed by atoms with Gasteiger partial charge in [0.15, 0.2) is 11.5 Å². The number of benzene rings is 2. The Morgan fingerprint density at radius 2 is 1.97 bits per heavy atom. The van der Waals surface area contributed by atoms with Crippen LogP contribution in [-0.2, 0) is 11.3 Å². The Morgan fingerprint density at radius 3 is 2.76 bits per heavy atom. The predicted molar refractivity (Wildman–Crippen MR) is 120 cm³/mol. The lowest BCUT2D eigenvalue weighted by Crippen LogP contribution is -2.28. The fourth-order valence-corrected chi connectivity index (χ4v) is 4.11. The Hall–Kier alpha value is -3.95. The van der Waals surface area contributed by atoms with Crippen LogP contribution in [0.4, 0.5) is 0 Å². The molecule has 0 spiro atoms. The lowest BCUT2D eigenvalue weighted by atomic mass is 10.1. The van der Waals surface area contributed by atoms with Crippen LogP contribution in [0, 0.1) is 0 Å². The number of hydrogen-bond donors (Lipinski definition) is 0. The summed E-state index contributed by atoms with van der Waals surface area (Å²) in [6.45, 7) is 2.20. The van der Waals surface area contributed by atoms with Gasteiger partial charge in [-0.05, 0) is 43.2 Å². The smallest absolute Gasteiger partial charge is 0.262 e. The van der Waals surface area contributed by atoms with Crippen molar-refractivity contribution in [1.29, 1.82) is 0 Å². The molecule has 3 heterocycles. The Bertz CT molecular complexity index is 1290. The van der Waals surface area contributed by atoms with E-state index in [0.29, 0.717) is 47.3 Å². The third-order valence-corrected chi connectivity index (χ3v) is 5.83. The van der Waals surface area contributed by atoms with Crippen LogP contribution in [-0.4, -0.2) is 63.3 Å². The van der Waals surface area contributed by atoms with Crippen molar-refractivity contribution < 1.29 is 18.8 Å². The molecule has 4 aromatic rings.